The average molecular weight is 219 g/mol. The fraction of sp³-hybridized carbons (Fsp3) is 0.417. The van der Waals surface area contributed by atoms with Gasteiger partial charge in [0, 0.05) is 24.5 Å². The van der Waals surface area contributed by atoms with Gasteiger partial charge in [0.15, 0.2) is 0 Å². The highest BCUT2D eigenvalue weighted by Crippen LogP contribution is 2.29. The van der Waals surface area contributed by atoms with Gasteiger partial charge >= 0.3 is 0 Å². The first-order valence-electron chi connectivity index (χ1n) is 5.49. The SMILES string of the molecule is Cc1c(N)cccc1N1CCC(C(N)=O)C1. The van der Waals surface area contributed by atoms with Crippen molar-refractivity contribution in [3.05, 3.63) is 23.8 Å². The van der Waals surface area contributed by atoms with E-state index < -0.39 is 0 Å². The fourth-order valence-corrected chi connectivity index (χ4v) is 2.19. The van der Waals surface area contributed by atoms with E-state index in [9.17, 15) is 4.79 Å². The number of hydrogen-bond donors (Lipinski definition) is 2. The van der Waals surface area contributed by atoms with Gasteiger partial charge in [0.25, 0.3) is 0 Å². The molecule has 1 aliphatic rings. The minimum atomic E-state index is -0.205. The summed E-state index contributed by atoms with van der Waals surface area (Å²) in [7, 11) is 0. The first-order chi connectivity index (χ1) is 7.59. The van der Waals surface area contributed by atoms with E-state index in [2.05, 4.69) is 4.90 Å². The first kappa shape index (κ1) is 10.8. The van der Waals surface area contributed by atoms with E-state index in [0.29, 0.717) is 6.54 Å². The lowest BCUT2D eigenvalue weighted by Crippen LogP contribution is -2.27. The van der Waals surface area contributed by atoms with Gasteiger partial charge in [-0.15, -0.1) is 0 Å². The molecule has 1 unspecified atom stereocenters. The smallest absolute Gasteiger partial charge is 0.222 e. The number of hydrogen-bond acceptors (Lipinski definition) is 3. The highest BCUT2D eigenvalue weighted by atomic mass is 16.1. The molecule has 0 aromatic heterocycles. The highest BCUT2D eigenvalue weighted by molar-refractivity contribution is 5.78. The van der Waals surface area contributed by atoms with Gasteiger partial charge in [-0.1, -0.05) is 6.07 Å². The van der Waals surface area contributed by atoms with Crippen LogP contribution in [0.1, 0.15) is 12.0 Å². The number of nitrogen functional groups attached to an aromatic ring is 1. The van der Waals surface area contributed by atoms with Crippen molar-refractivity contribution < 1.29 is 4.79 Å². The molecule has 0 spiro atoms. The molecule has 0 aliphatic carbocycles. The van der Waals surface area contributed by atoms with E-state index in [1.165, 1.54) is 0 Å². The van der Waals surface area contributed by atoms with Gasteiger partial charge in [0.2, 0.25) is 5.91 Å². The van der Waals surface area contributed by atoms with Crippen molar-refractivity contribution in [2.75, 3.05) is 23.7 Å². The molecule has 2 rings (SSSR count). The standard InChI is InChI=1S/C12H17N3O/c1-8-10(13)3-2-4-11(8)15-6-5-9(7-15)12(14)16/h2-4,9H,5-7,13H2,1H3,(H2,14,16). The molecule has 1 aliphatic heterocycles. The molecule has 1 fully saturated rings. The second-order valence-electron chi connectivity index (χ2n) is 4.33. The van der Waals surface area contributed by atoms with Crippen LogP contribution in [0.3, 0.4) is 0 Å². The van der Waals surface area contributed by atoms with Gasteiger partial charge in [0.1, 0.15) is 0 Å². The molecule has 0 saturated carbocycles. The van der Waals surface area contributed by atoms with Crippen LogP contribution in [-0.2, 0) is 4.79 Å². The summed E-state index contributed by atoms with van der Waals surface area (Å²) in [5.41, 5.74) is 14.2. The van der Waals surface area contributed by atoms with Gasteiger partial charge in [-0.3, -0.25) is 4.79 Å². The Labute approximate surface area is 95.2 Å². The van der Waals surface area contributed by atoms with Gasteiger partial charge in [-0.2, -0.15) is 0 Å². The molecular weight excluding hydrogens is 202 g/mol. The molecule has 1 amide bonds. The Morgan fingerprint density at radius 3 is 2.88 bits per heavy atom. The third-order valence-corrected chi connectivity index (χ3v) is 3.28. The van der Waals surface area contributed by atoms with E-state index in [0.717, 1.165) is 29.9 Å². The van der Waals surface area contributed by atoms with E-state index in [-0.39, 0.29) is 11.8 Å². The summed E-state index contributed by atoms with van der Waals surface area (Å²) < 4.78 is 0. The Hall–Kier alpha value is -1.71. The predicted octanol–water partition coefficient (Wildman–Crippen LogP) is 0.889. The average Bonchev–Trinajstić information content (AvgIpc) is 2.71. The van der Waals surface area contributed by atoms with Crippen molar-refractivity contribution in [1.29, 1.82) is 0 Å². The van der Waals surface area contributed by atoms with Crippen molar-refractivity contribution in [2.24, 2.45) is 11.7 Å². The summed E-state index contributed by atoms with van der Waals surface area (Å²) in [5.74, 6) is -0.232. The number of carbonyl (C=O) groups is 1. The van der Waals surface area contributed by atoms with Crippen LogP contribution >= 0.6 is 0 Å². The molecule has 1 atom stereocenters. The minimum Gasteiger partial charge on any atom is -0.398 e. The quantitative estimate of drug-likeness (QED) is 0.725. The number of benzene rings is 1. The number of anilines is 2. The second kappa shape index (κ2) is 4.04. The normalized spacial score (nSPS) is 20.1. The summed E-state index contributed by atoms with van der Waals surface area (Å²) in [6.07, 6.45) is 0.837. The molecule has 4 nitrogen and oxygen atoms in total. The predicted molar refractivity (Wildman–Crippen MR) is 65.1 cm³/mol. The third-order valence-electron chi connectivity index (χ3n) is 3.28. The van der Waals surface area contributed by atoms with Crippen LogP contribution in [0, 0.1) is 12.8 Å². The maximum Gasteiger partial charge on any atom is 0.222 e. The molecular formula is C12H17N3O. The summed E-state index contributed by atoms with van der Waals surface area (Å²) >= 11 is 0. The first-order valence-corrected chi connectivity index (χ1v) is 5.49. The molecule has 0 bridgehead atoms. The highest BCUT2D eigenvalue weighted by Gasteiger charge is 2.27. The zero-order chi connectivity index (χ0) is 11.7. The lowest BCUT2D eigenvalue weighted by atomic mass is 10.1. The number of primary amides is 1. The summed E-state index contributed by atoms with van der Waals surface area (Å²) in [6.45, 7) is 3.58. The van der Waals surface area contributed by atoms with Crippen molar-refractivity contribution in [3.63, 3.8) is 0 Å². The number of rotatable bonds is 2. The fourth-order valence-electron chi connectivity index (χ4n) is 2.19. The number of nitrogens with two attached hydrogens (primary N) is 2. The molecule has 16 heavy (non-hydrogen) atoms. The summed E-state index contributed by atoms with van der Waals surface area (Å²) in [4.78, 5) is 13.3. The summed E-state index contributed by atoms with van der Waals surface area (Å²) in [6, 6.07) is 5.87. The maximum absolute atomic E-state index is 11.1. The molecule has 1 aromatic carbocycles. The Balaban J connectivity index is 2.21. The molecule has 4 heteroatoms. The zero-order valence-corrected chi connectivity index (χ0v) is 9.44. The van der Waals surface area contributed by atoms with Gasteiger partial charge in [0.05, 0.1) is 5.92 Å². The van der Waals surface area contributed by atoms with Crippen LogP contribution in [0.5, 0.6) is 0 Å². The topological polar surface area (TPSA) is 72.3 Å². The molecule has 4 N–H and O–H groups in total. The van der Waals surface area contributed by atoms with Gasteiger partial charge in [-0.05, 0) is 31.0 Å². The Bertz CT molecular complexity index is 417. The van der Waals surface area contributed by atoms with Crippen molar-refractivity contribution in [3.8, 4) is 0 Å². The van der Waals surface area contributed by atoms with Gasteiger partial charge in [-0.25, -0.2) is 0 Å². The zero-order valence-electron chi connectivity index (χ0n) is 9.44. The largest absolute Gasteiger partial charge is 0.398 e. The van der Waals surface area contributed by atoms with Crippen LogP contribution in [0.15, 0.2) is 18.2 Å². The lowest BCUT2D eigenvalue weighted by molar-refractivity contribution is -0.121. The van der Waals surface area contributed by atoms with Gasteiger partial charge < -0.3 is 16.4 Å². The van der Waals surface area contributed by atoms with Crippen LogP contribution in [0.25, 0.3) is 0 Å². The number of nitrogens with zero attached hydrogens (tertiary/aromatic N) is 1. The Kier molecular flexibility index (Phi) is 2.73. The Morgan fingerprint density at radius 2 is 2.25 bits per heavy atom. The maximum atomic E-state index is 11.1. The molecule has 1 heterocycles. The van der Waals surface area contributed by atoms with E-state index in [1.54, 1.807) is 0 Å². The van der Waals surface area contributed by atoms with E-state index in [1.807, 2.05) is 25.1 Å². The monoisotopic (exact) mass is 219 g/mol. The number of amides is 1. The number of carbonyl (C=O) groups excluding carboxylic acids is 1. The third kappa shape index (κ3) is 1.83. The van der Waals surface area contributed by atoms with E-state index in [4.69, 9.17) is 11.5 Å². The van der Waals surface area contributed by atoms with Crippen molar-refractivity contribution in [1.82, 2.24) is 0 Å². The summed E-state index contributed by atoms with van der Waals surface area (Å²) in [5, 5.41) is 0. The Morgan fingerprint density at radius 1 is 1.50 bits per heavy atom. The second-order valence-corrected chi connectivity index (χ2v) is 4.33. The molecule has 0 radical (unpaired) electrons. The van der Waals surface area contributed by atoms with Crippen molar-refractivity contribution >= 4 is 17.3 Å². The van der Waals surface area contributed by atoms with Crippen LogP contribution in [0.2, 0.25) is 0 Å². The van der Waals surface area contributed by atoms with Crippen LogP contribution in [-0.4, -0.2) is 19.0 Å². The van der Waals surface area contributed by atoms with Crippen LogP contribution in [0.4, 0.5) is 11.4 Å². The minimum absolute atomic E-state index is 0.0270. The van der Waals surface area contributed by atoms with Crippen LogP contribution < -0.4 is 16.4 Å². The lowest BCUT2D eigenvalue weighted by Gasteiger charge is -2.21. The van der Waals surface area contributed by atoms with Crippen molar-refractivity contribution in [2.45, 2.75) is 13.3 Å². The molecule has 1 saturated heterocycles. The van der Waals surface area contributed by atoms with E-state index >= 15 is 0 Å². The molecule has 86 valence electrons. The molecule has 1 aromatic rings.